The molecule has 0 saturated carbocycles. The zero-order chi connectivity index (χ0) is 26.2. The topological polar surface area (TPSA) is 108 Å². The second-order valence-electron chi connectivity index (χ2n) is 8.50. The quantitative estimate of drug-likeness (QED) is 0.0967. The first kappa shape index (κ1) is 29.2. The van der Waals surface area contributed by atoms with E-state index in [0.29, 0.717) is 51.9 Å². The lowest BCUT2D eigenvalue weighted by Gasteiger charge is -2.15. The summed E-state index contributed by atoms with van der Waals surface area (Å²) >= 11 is 0. The van der Waals surface area contributed by atoms with Crippen molar-refractivity contribution in [1.82, 2.24) is 4.90 Å². The molecule has 0 aromatic heterocycles. The highest BCUT2D eigenvalue weighted by Crippen LogP contribution is 2.11. The van der Waals surface area contributed by atoms with Crippen molar-refractivity contribution in [1.29, 1.82) is 0 Å². The lowest BCUT2D eigenvalue weighted by molar-refractivity contribution is -0.176. The van der Waals surface area contributed by atoms with Crippen molar-refractivity contribution >= 4 is 23.8 Å². The highest BCUT2D eigenvalue weighted by molar-refractivity contribution is 6.12. The van der Waals surface area contributed by atoms with E-state index in [1.54, 1.807) is 19.9 Å². The van der Waals surface area contributed by atoms with E-state index < -0.39 is 18.5 Å². The van der Waals surface area contributed by atoms with Gasteiger partial charge in [-0.25, -0.2) is 4.79 Å². The van der Waals surface area contributed by atoms with Crippen LogP contribution in [0.1, 0.15) is 65.2 Å². The third-order valence-corrected chi connectivity index (χ3v) is 5.42. The Morgan fingerprint density at radius 1 is 0.889 bits per heavy atom. The van der Waals surface area contributed by atoms with Gasteiger partial charge in [-0.15, -0.1) is 0 Å². The van der Waals surface area contributed by atoms with Gasteiger partial charge in [0.1, 0.15) is 0 Å². The number of carbonyl (C=O) groups is 4. The van der Waals surface area contributed by atoms with Crippen LogP contribution in [0.4, 0.5) is 0 Å². The molecule has 9 nitrogen and oxygen atoms in total. The Labute approximate surface area is 212 Å². The van der Waals surface area contributed by atoms with Gasteiger partial charge in [-0.3, -0.25) is 19.3 Å². The van der Waals surface area contributed by atoms with Gasteiger partial charge in [-0.05, 0) is 64.0 Å². The molecule has 1 aliphatic heterocycles. The third-order valence-electron chi connectivity index (χ3n) is 5.42. The van der Waals surface area contributed by atoms with Crippen molar-refractivity contribution in [3.05, 3.63) is 48.1 Å². The zero-order valence-corrected chi connectivity index (χ0v) is 21.2. The molecule has 1 heterocycles. The molecule has 0 bridgehead atoms. The fourth-order valence-electron chi connectivity index (χ4n) is 3.51. The van der Waals surface area contributed by atoms with Crippen LogP contribution in [-0.4, -0.2) is 61.0 Å². The van der Waals surface area contributed by atoms with E-state index in [9.17, 15) is 19.2 Å². The Bertz CT molecular complexity index is 855. The fourth-order valence-corrected chi connectivity index (χ4v) is 3.51. The Kier molecular flexibility index (Phi) is 13.5. The van der Waals surface area contributed by atoms with Crippen molar-refractivity contribution in [2.24, 2.45) is 0 Å². The van der Waals surface area contributed by atoms with Crippen LogP contribution < -0.4 is 0 Å². The molecule has 1 aliphatic carbocycles. The number of hydrogen-bond donors (Lipinski definition) is 0. The molecule has 36 heavy (non-hydrogen) atoms. The standard InChI is InChI=1S/C27H37NO8/c1-21(35-26(31)13-7-4-8-18-28-24(29)15-16-25(28)30)33-19-9-10-20-34-22(2)36-27(32)17-14-23-11-5-3-6-12-23/h5,11-12,14-17,21-22H,3-4,6-10,13,18-20H2,1-2H3/b17-14+. The zero-order valence-electron chi connectivity index (χ0n) is 21.2. The Morgan fingerprint density at radius 2 is 1.56 bits per heavy atom. The molecule has 0 fully saturated rings. The summed E-state index contributed by atoms with van der Waals surface area (Å²) in [4.78, 5) is 47.9. The summed E-state index contributed by atoms with van der Waals surface area (Å²) in [5, 5.41) is 0. The van der Waals surface area contributed by atoms with Gasteiger partial charge < -0.3 is 18.9 Å². The number of allylic oxidation sites excluding steroid dienone is 5. The summed E-state index contributed by atoms with van der Waals surface area (Å²) in [6, 6.07) is 0. The van der Waals surface area contributed by atoms with Crippen molar-refractivity contribution in [2.45, 2.75) is 77.8 Å². The molecule has 9 heteroatoms. The molecule has 0 aromatic rings. The predicted molar refractivity (Wildman–Crippen MR) is 132 cm³/mol. The summed E-state index contributed by atoms with van der Waals surface area (Å²) in [5.41, 5.74) is 0.995. The van der Waals surface area contributed by atoms with E-state index in [2.05, 4.69) is 12.2 Å². The van der Waals surface area contributed by atoms with Crippen LogP contribution in [0, 0.1) is 0 Å². The summed E-state index contributed by atoms with van der Waals surface area (Å²) in [7, 11) is 0. The second kappa shape index (κ2) is 16.6. The molecule has 2 atom stereocenters. The molecule has 2 aliphatic rings. The Morgan fingerprint density at radius 3 is 2.19 bits per heavy atom. The van der Waals surface area contributed by atoms with Gasteiger partial charge in [-0.1, -0.05) is 24.6 Å². The highest BCUT2D eigenvalue weighted by atomic mass is 16.7. The van der Waals surface area contributed by atoms with E-state index >= 15 is 0 Å². The molecule has 0 saturated heterocycles. The third kappa shape index (κ3) is 12.1. The number of rotatable bonds is 17. The molecule has 0 N–H and O–H groups in total. The first-order valence-corrected chi connectivity index (χ1v) is 12.6. The molecule has 0 radical (unpaired) electrons. The minimum Gasteiger partial charge on any atom is -0.436 e. The molecule has 2 unspecified atom stereocenters. The molecule has 2 amide bonds. The summed E-state index contributed by atoms with van der Waals surface area (Å²) in [6.07, 6.45) is 16.1. The van der Waals surface area contributed by atoms with Crippen molar-refractivity contribution in [2.75, 3.05) is 19.8 Å². The highest BCUT2D eigenvalue weighted by Gasteiger charge is 2.22. The van der Waals surface area contributed by atoms with Gasteiger partial charge in [-0.2, -0.15) is 0 Å². The van der Waals surface area contributed by atoms with Crippen LogP contribution in [0.5, 0.6) is 0 Å². The number of nitrogens with zero attached hydrogens (tertiary/aromatic N) is 1. The number of hydrogen-bond acceptors (Lipinski definition) is 8. The maximum Gasteiger partial charge on any atom is 0.333 e. The summed E-state index contributed by atoms with van der Waals surface area (Å²) in [5.74, 6) is -1.37. The largest absolute Gasteiger partial charge is 0.436 e. The van der Waals surface area contributed by atoms with Gasteiger partial charge in [0.25, 0.3) is 11.8 Å². The molecule has 0 spiro atoms. The minimum absolute atomic E-state index is 0.252. The average Bonchev–Trinajstić information content (AvgIpc) is 3.17. The van der Waals surface area contributed by atoms with E-state index in [-0.39, 0.29) is 24.2 Å². The first-order valence-electron chi connectivity index (χ1n) is 12.6. The number of imide groups is 1. The van der Waals surface area contributed by atoms with Crippen LogP contribution in [0.25, 0.3) is 0 Å². The summed E-state index contributed by atoms with van der Waals surface area (Å²) in [6.45, 7) is 4.52. The van der Waals surface area contributed by atoms with Crippen molar-refractivity contribution in [3.8, 4) is 0 Å². The van der Waals surface area contributed by atoms with E-state index in [0.717, 1.165) is 18.4 Å². The SMILES string of the molecule is CC(OCCCCOC(C)OC(=O)CCCCCN1C(=O)C=CC1=O)OC(=O)/C=C/C1=CCCC=C1. The van der Waals surface area contributed by atoms with Crippen LogP contribution in [-0.2, 0) is 38.1 Å². The number of esters is 2. The number of carbonyl (C=O) groups excluding carboxylic acids is 4. The van der Waals surface area contributed by atoms with Crippen LogP contribution in [0.15, 0.2) is 48.1 Å². The normalized spacial score (nSPS) is 16.9. The van der Waals surface area contributed by atoms with E-state index in [1.807, 2.05) is 6.08 Å². The van der Waals surface area contributed by atoms with Crippen LogP contribution in [0.2, 0.25) is 0 Å². The molecule has 0 aromatic carbocycles. The average molecular weight is 504 g/mol. The molecular weight excluding hydrogens is 466 g/mol. The minimum atomic E-state index is -0.648. The summed E-state index contributed by atoms with van der Waals surface area (Å²) < 4.78 is 21.4. The fraction of sp³-hybridized carbons (Fsp3) is 0.556. The van der Waals surface area contributed by atoms with E-state index in [4.69, 9.17) is 18.9 Å². The monoisotopic (exact) mass is 503 g/mol. The van der Waals surface area contributed by atoms with Gasteiger partial charge in [0.2, 0.25) is 0 Å². The maximum atomic E-state index is 11.9. The number of unbranched alkanes of at least 4 members (excludes halogenated alkanes) is 3. The molecule has 2 rings (SSSR count). The number of ether oxygens (including phenoxy) is 4. The molecular formula is C27H37NO8. The Balaban J connectivity index is 1.42. The lowest BCUT2D eigenvalue weighted by Crippen LogP contribution is -2.30. The second-order valence-corrected chi connectivity index (χ2v) is 8.50. The predicted octanol–water partition coefficient (Wildman–Crippen LogP) is 3.90. The van der Waals surface area contributed by atoms with Crippen LogP contribution in [0.3, 0.4) is 0 Å². The maximum absolute atomic E-state index is 11.9. The lowest BCUT2D eigenvalue weighted by atomic mass is 10.1. The van der Waals surface area contributed by atoms with Gasteiger partial charge in [0, 0.05) is 31.2 Å². The first-order chi connectivity index (χ1) is 17.3. The van der Waals surface area contributed by atoms with Gasteiger partial charge >= 0.3 is 11.9 Å². The van der Waals surface area contributed by atoms with Gasteiger partial charge in [0.15, 0.2) is 12.6 Å². The Hall–Kier alpha value is -3.04. The van der Waals surface area contributed by atoms with E-state index in [1.165, 1.54) is 23.1 Å². The van der Waals surface area contributed by atoms with Crippen molar-refractivity contribution in [3.63, 3.8) is 0 Å². The number of amides is 2. The van der Waals surface area contributed by atoms with Crippen molar-refractivity contribution < 1.29 is 38.1 Å². The smallest absolute Gasteiger partial charge is 0.333 e. The molecule has 198 valence electrons. The van der Waals surface area contributed by atoms with Gasteiger partial charge in [0.05, 0.1) is 13.2 Å². The van der Waals surface area contributed by atoms with Crippen LogP contribution >= 0.6 is 0 Å².